The van der Waals surface area contributed by atoms with Crippen LogP contribution in [0, 0.1) is 0 Å². The lowest BCUT2D eigenvalue weighted by atomic mass is 9.89. The summed E-state index contributed by atoms with van der Waals surface area (Å²) < 4.78 is 6.02. The van der Waals surface area contributed by atoms with E-state index >= 15 is 0 Å². The van der Waals surface area contributed by atoms with Gasteiger partial charge in [0.2, 0.25) is 0 Å². The first-order valence-corrected chi connectivity index (χ1v) is 8.11. The van der Waals surface area contributed by atoms with Crippen LogP contribution in [-0.2, 0) is 0 Å². The lowest BCUT2D eigenvalue weighted by Gasteiger charge is -2.21. The maximum Gasteiger partial charge on any atom is 0.130 e. The van der Waals surface area contributed by atoms with Gasteiger partial charge in [-0.25, -0.2) is 0 Å². The topological polar surface area (TPSA) is 35.2 Å². The van der Waals surface area contributed by atoms with Crippen molar-refractivity contribution < 1.29 is 4.74 Å². The second kappa shape index (κ2) is 6.87. The Hall–Kier alpha value is -1.96. The van der Waals surface area contributed by atoms with E-state index in [2.05, 4.69) is 45.9 Å². The molecule has 118 valence electrons. The average Bonchev–Trinajstić information content (AvgIpc) is 2.48. The minimum Gasteiger partial charge on any atom is -0.493 e. The molecule has 22 heavy (non-hydrogen) atoms. The highest BCUT2D eigenvalue weighted by atomic mass is 16.5. The van der Waals surface area contributed by atoms with Gasteiger partial charge in [-0.05, 0) is 42.0 Å². The van der Waals surface area contributed by atoms with Crippen LogP contribution in [0.3, 0.4) is 0 Å². The molecule has 0 saturated heterocycles. The molecule has 2 N–H and O–H groups in total. The minimum absolute atomic E-state index is 0.406. The van der Waals surface area contributed by atoms with Gasteiger partial charge >= 0.3 is 0 Å². The molecule has 2 rings (SSSR count). The van der Waals surface area contributed by atoms with Gasteiger partial charge in [-0.2, -0.15) is 0 Å². The molecule has 2 nitrogen and oxygen atoms in total. The fourth-order valence-corrected chi connectivity index (χ4v) is 2.68. The Labute approximate surface area is 134 Å². The van der Waals surface area contributed by atoms with Gasteiger partial charge in [-0.1, -0.05) is 52.0 Å². The van der Waals surface area contributed by atoms with Crippen molar-refractivity contribution in [1.82, 2.24) is 0 Å². The Balaban J connectivity index is 2.76. The molecule has 0 spiro atoms. The van der Waals surface area contributed by atoms with Crippen LogP contribution in [0.25, 0.3) is 11.1 Å². The van der Waals surface area contributed by atoms with Crippen molar-refractivity contribution in [3.63, 3.8) is 0 Å². The summed E-state index contributed by atoms with van der Waals surface area (Å²) in [7, 11) is 0. The highest BCUT2D eigenvalue weighted by molar-refractivity contribution is 5.82. The summed E-state index contributed by atoms with van der Waals surface area (Å²) in [5.41, 5.74) is 11.7. The number of hydrogen-bond donors (Lipinski definition) is 1. The Bertz CT molecular complexity index is 644. The molecule has 0 unspecified atom stereocenters. The van der Waals surface area contributed by atoms with Gasteiger partial charge in [0.15, 0.2) is 0 Å². The second-order valence-corrected chi connectivity index (χ2v) is 6.32. The molecule has 0 aromatic heterocycles. The molecule has 2 aromatic carbocycles. The molecule has 0 aliphatic heterocycles. The summed E-state index contributed by atoms with van der Waals surface area (Å²) in [6.45, 7) is 11.5. The van der Waals surface area contributed by atoms with Crippen LogP contribution in [0.5, 0.6) is 5.75 Å². The van der Waals surface area contributed by atoms with E-state index < -0.39 is 0 Å². The standard InChI is InChI=1S/C20H27NO/c1-6-22-20-17(14(4)5)11-15(13(2)3)12-18(20)16-9-7-8-10-19(16)21/h7-14H,6,21H2,1-5H3. The Morgan fingerprint density at radius 1 is 0.955 bits per heavy atom. The molecule has 0 radical (unpaired) electrons. The molecule has 2 aromatic rings. The molecule has 0 saturated carbocycles. The monoisotopic (exact) mass is 297 g/mol. The van der Waals surface area contributed by atoms with Crippen LogP contribution in [0.4, 0.5) is 5.69 Å². The fraction of sp³-hybridized carbons (Fsp3) is 0.400. The summed E-state index contributed by atoms with van der Waals surface area (Å²) in [5.74, 6) is 1.85. The zero-order chi connectivity index (χ0) is 16.3. The van der Waals surface area contributed by atoms with Crippen molar-refractivity contribution in [2.45, 2.75) is 46.5 Å². The van der Waals surface area contributed by atoms with Crippen LogP contribution in [0.1, 0.15) is 57.6 Å². The van der Waals surface area contributed by atoms with E-state index in [0.29, 0.717) is 18.4 Å². The van der Waals surface area contributed by atoms with Gasteiger partial charge in [0.1, 0.15) is 5.75 Å². The largest absolute Gasteiger partial charge is 0.493 e. The maximum absolute atomic E-state index is 6.21. The third-order valence-corrected chi connectivity index (χ3v) is 3.97. The summed E-state index contributed by atoms with van der Waals surface area (Å²) in [6.07, 6.45) is 0. The molecular weight excluding hydrogens is 270 g/mol. The number of para-hydroxylation sites is 1. The van der Waals surface area contributed by atoms with Crippen molar-refractivity contribution in [1.29, 1.82) is 0 Å². The van der Waals surface area contributed by atoms with Crippen molar-refractivity contribution in [2.75, 3.05) is 12.3 Å². The van der Waals surface area contributed by atoms with Crippen LogP contribution < -0.4 is 10.5 Å². The van der Waals surface area contributed by atoms with Gasteiger partial charge in [0.25, 0.3) is 0 Å². The first-order chi connectivity index (χ1) is 10.5. The average molecular weight is 297 g/mol. The maximum atomic E-state index is 6.21. The smallest absolute Gasteiger partial charge is 0.130 e. The van der Waals surface area contributed by atoms with E-state index in [9.17, 15) is 0 Å². The molecule has 2 heteroatoms. The van der Waals surface area contributed by atoms with Gasteiger partial charge in [0, 0.05) is 16.8 Å². The number of benzene rings is 2. The predicted molar refractivity (Wildman–Crippen MR) is 95.6 cm³/mol. The summed E-state index contributed by atoms with van der Waals surface area (Å²) >= 11 is 0. The van der Waals surface area contributed by atoms with Crippen LogP contribution in [-0.4, -0.2) is 6.61 Å². The Morgan fingerprint density at radius 2 is 1.64 bits per heavy atom. The number of ether oxygens (including phenoxy) is 1. The SMILES string of the molecule is CCOc1c(-c2ccccc2N)cc(C(C)C)cc1C(C)C. The zero-order valence-corrected chi connectivity index (χ0v) is 14.3. The Morgan fingerprint density at radius 3 is 2.18 bits per heavy atom. The van der Waals surface area contributed by atoms with Gasteiger partial charge in [-0.15, -0.1) is 0 Å². The third kappa shape index (κ3) is 3.27. The zero-order valence-electron chi connectivity index (χ0n) is 14.3. The number of rotatable bonds is 5. The molecule has 0 bridgehead atoms. The van der Waals surface area contributed by atoms with Crippen LogP contribution in [0.15, 0.2) is 36.4 Å². The van der Waals surface area contributed by atoms with E-state index in [1.54, 1.807) is 0 Å². The van der Waals surface area contributed by atoms with Crippen molar-refractivity contribution in [2.24, 2.45) is 0 Å². The van der Waals surface area contributed by atoms with Gasteiger partial charge in [0.05, 0.1) is 6.61 Å². The molecule has 0 fully saturated rings. The quantitative estimate of drug-likeness (QED) is 0.731. The van der Waals surface area contributed by atoms with Crippen LogP contribution in [0.2, 0.25) is 0 Å². The van der Waals surface area contributed by atoms with E-state index in [4.69, 9.17) is 10.5 Å². The van der Waals surface area contributed by atoms with Gasteiger partial charge in [-0.3, -0.25) is 0 Å². The second-order valence-electron chi connectivity index (χ2n) is 6.32. The molecular formula is C20H27NO. The van der Waals surface area contributed by atoms with Gasteiger partial charge < -0.3 is 10.5 Å². The predicted octanol–water partition coefficient (Wildman–Crippen LogP) is 5.58. The number of anilines is 1. The first kappa shape index (κ1) is 16.4. The summed E-state index contributed by atoms with van der Waals surface area (Å²) in [6, 6.07) is 12.5. The van der Waals surface area contributed by atoms with Crippen LogP contribution >= 0.6 is 0 Å². The van der Waals surface area contributed by atoms with Crippen molar-refractivity contribution in [3.05, 3.63) is 47.5 Å². The molecule has 0 aliphatic rings. The molecule has 0 atom stereocenters. The molecule has 0 aliphatic carbocycles. The molecule has 0 heterocycles. The minimum atomic E-state index is 0.406. The Kier molecular flexibility index (Phi) is 5.12. The highest BCUT2D eigenvalue weighted by Crippen LogP contribution is 2.41. The highest BCUT2D eigenvalue weighted by Gasteiger charge is 2.18. The summed E-state index contributed by atoms with van der Waals surface area (Å²) in [5, 5.41) is 0. The lowest BCUT2D eigenvalue weighted by molar-refractivity contribution is 0.336. The van der Waals surface area contributed by atoms with Crippen molar-refractivity contribution >= 4 is 5.69 Å². The van der Waals surface area contributed by atoms with E-state index in [1.165, 1.54) is 11.1 Å². The van der Waals surface area contributed by atoms with E-state index in [0.717, 1.165) is 22.6 Å². The number of nitrogen functional groups attached to an aromatic ring is 1. The lowest BCUT2D eigenvalue weighted by Crippen LogP contribution is -2.04. The number of hydrogen-bond acceptors (Lipinski definition) is 2. The van der Waals surface area contributed by atoms with E-state index in [-0.39, 0.29) is 0 Å². The fourth-order valence-electron chi connectivity index (χ4n) is 2.68. The molecule has 0 amide bonds. The third-order valence-electron chi connectivity index (χ3n) is 3.97. The first-order valence-electron chi connectivity index (χ1n) is 8.11. The van der Waals surface area contributed by atoms with Crippen molar-refractivity contribution in [3.8, 4) is 16.9 Å². The summed E-state index contributed by atoms with van der Waals surface area (Å²) in [4.78, 5) is 0. The van der Waals surface area contributed by atoms with E-state index in [1.807, 2.05) is 25.1 Å². The number of nitrogens with two attached hydrogens (primary N) is 1. The normalized spacial score (nSPS) is 11.2.